The Morgan fingerprint density at radius 3 is 2.72 bits per heavy atom. The summed E-state index contributed by atoms with van der Waals surface area (Å²) in [6, 6.07) is 8.55. The number of carbonyl (C=O) groups excluding carboxylic acids is 3. The Morgan fingerprint density at radius 1 is 1.20 bits per heavy atom. The summed E-state index contributed by atoms with van der Waals surface area (Å²) in [6.07, 6.45) is 2.27. The molecule has 0 unspecified atom stereocenters. The van der Waals surface area contributed by atoms with Crippen LogP contribution in [0.25, 0.3) is 0 Å². The molecule has 1 aliphatic heterocycles. The summed E-state index contributed by atoms with van der Waals surface area (Å²) in [7, 11) is 0. The van der Waals surface area contributed by atoms with Crippen molar-refractivity contribution in [3.8, 4) is 0 Å². The standard InChI is InChI=1S/C18H16BrN3O3/c1-11-15(4-2-8-20-11)21-16(23)5-3-9-22-17(24)13-7-6-12(19)10-14(13)18(22)25/h2,4,6-8,10H,3,5,9H2,1H3,(H,21,23). The molecule has 2 aromatic rings. The Labute approximate surface area is 153 Å². The second-order valence-corrected chi connectivity index (χ2v) is 6.66. The second kappa shape index (κ2) is 7.14. The minimum Gasteiger partial charge on any atom is -0.325 e. The average molecular weight is 402 g/mol. The minimum atomic E-state index is -0.315. The van der Waals surface area contributed by atoms with Crippen LogP contribution >= 0.6 is 15.9 Å². The van der Waals surface area contributed by atoms with Gasteiger partial charge in [0.1, 0.15) is 0 Å². The van der Waals surface area contributed by atoms with E-state index in [4.69, 9.17) is 0 Å². The Kier molecular flexibility index (Phi) is 4.94. The van der Waals surface area contributed by atoms with Crippen LogP contribution < -0.4 is 5.32 Å². The fourth-order valence-electron chi connectivity index (χ4n) is 2.69. The fraction of sp³-hybridized carbons (Fsp3) is 0.222. The van der Waals surface area contributed by atoms with Gasteiger partial charge in [-0.2, -0.15) is 0 Å². The number of halogens is 1. The molecule has 0 fully saturated rings. The summed E-state index contributed by atoms with van der Waals surface area (Å²) in [6.45, 7) is 2.02. The Balaban J connectivity index is 1.56. The number of carbonyl (C=O) groups is 3. The predicted molar refractivity (Wildman–Crippen MR) is 96.3 cm³/mol. The number of pyridine rings is 1. The van der Waals surface area contributed by atoms with E-state index in [-0.39, 0.29) is 30.7 Å². The Morgan fingerprint density at radius 2 is 1.96 bits per heavy atom. The monoisotopic (exact) mass is 401 g/mol. The van der Waals surface area contributed by atoms with E-state index in [0.29, 0.717) is 23.2 Å². The summed E-state index contributed by atoms with van der Waals surface area (Å²) in [5.41, 5.74) is 2.21. The number of hydrogen-bond acceptors (Lipinski definition) is 4. The number of rotatable bonds is 5. The zero-order chi connectivity index (χ0) is 18.0. The van der Waals surface area contributed by atoms with Crippen molar-refractivity contribution in [1.29, 1.82) is 0 Å². The molecule has 3 rings (SSSR count). The van der Waals surface area contributed by atoms with E-state index in [2.05, 4.69) is 26.2 Å². The van der Waals surface area contributed by atoms with E-state index in [1.807, 2.05) is 6.92 Å². The first-order valence-corrected chi connectivity index (χ1v) is 8.64. The molecule has 1 N–H and O–H groups in total. The smallest absolute Gasteiger partial charge is 0.261 e. The van der Waals surface area contributed by atoms with E-state index >= 15 is 0 Å². The van der Waals surface area contributed by atoms with Gasteiger partial charge in [-0.25, -0.2) is 0 Å². The van der Waals surface area contributed by atoms with Crippen LogP contribution in [0.1, 0.15) is 39.3 Å². The van der Waals surface area contributed by atoms with Crippen LogP contribution in [0.2, 0.25) is 0 Å². The third-order valence-electron chi connectivity index (χ3n) is 4.00. The SMILES string of the molecule is Cc1ncccc1NC(=O)CCCN1C(=O)c2ccc(Br)cc2C1=O. The molecule has 0 saturated heterocycles. The molecular weight excluding hydrogens is 386 g/mol. The van der Waals surface area contributed by atoms with Gasteiger partial charge in [-0.15, -0.1) is 0 Å². The Hall–Kier alpha value is -2.54. The number of aromatic nitrogens is 1. The molecule has 0 aliphatic carbocycles. The van der Waals surface area contributed by atoms with Gasteiger partial charge in [-0.1, -0.05) is 15.9 Å². The van der Waals surface area contributed by atoms with Crippen molar-refractivity contribution in [2.75, 3.05) is 11.9 Å². The number of hydrogen-bond donors (Lipinski definition) is 1. The van der Waals surface area contributed by atoms with Gasteiger partial charge in [0, 0.05) is 23.6 Å². The van der Waals surface area contributed by atoms with Crippen LogP contribution in [0, 0.1) is 6.92 Å². The molecular formula is C18H16BrN3O3. The fourth-order valence-corrected chi connectivity index (χ4v) is 3.05. The van der Waals surface area contributed by atoms with Crippen molar-refractivity contribution in [3.63, 3.8) is 0 Å². The van der Waals surface area contributed by atoms with Crippen molar-refractivity contribution in [2.24, 2.45) is 0 Å². The van der Waals surface area contributed by atoms with Gasteiger partial charge < -0.3 is 5.32 Å². The molecule has 0 spiro atoms. The van der Waals surface area contributed by atoms with Crippen molar-refractivity contribution in [2.45, 2.75) is 19.8 Å². The zero-order valence-electron chi connectivity index (χ0n) is 13.6. The van der Waals surface area contributed by atoms with E-state index in [1.165, 1.54) is 4.90 Å². The van der Waals surface area contributed by atoms with Crippen LogP contribution in [-0.4, -0.2) is 34.2 Å². The normalized spacial score (nSPS) is 13.1. The molecule has 7 heteroatoms. The molecule has 0 atom stereocenters. The highest BCUT2D eigenvalue weighted by Gasteiger charge is 2.35. The molecule has 128 valence electrons. The highest BCUT2D eigenvalue weighted by Crippen LogP contribution is 2.26. The van der Waals surface area contributed by atoms with Gasteiger partial charge in [0.25, 0.3) is 11.8 Å². The summed E-state index contributed by atoms with van der Waals surface area (Å²) >= 11 is 3.30. The maximum absolute atomic E-state index is 12.3. The lowest BCUT2D eigenvalue weighted by Gasteiger charge is -2.13. The molecule has 0 saturated carbocycles. The summed E-state index contributed by atoms with van der Waals surface area (Å²) in [4.78, 5) is 42.0. The number of benzene rings is 1. The van der Waals surface area contributed by atoms with Crippen LogP contribution in [0.5, 0.6) is 0 Å². The van der Waals surface area contributed by atoms with Gasteiger partial charge in [0.2, 0.25) is 5.91 Å². The topological polar surface area (TPSA) is 79.4 Å². The van der Waals surface area contributed by atoms with Gasteiger partial charge in [0.15, 0.2) is 0 Å². The number of imide groups is 1. The van der Waals surface area contributed by atoms with Crippen LogP contribution in [0.15, 0.2) is 41.0 Å². The van der Waals surface area contributed by atoms with E-state index in [0.717, 1.165) is 10.2 Å². The summed E-state index contributed by atoms with van der Waals surface area (Å²) in [5, 5.41) is 2.79. The molecule has 1 aliphatic rings. The number of amides is 3. The molecule has 1 aromatic carbocycles. The molecule has 0 radical (unpaired) electrons. The lowest BCUT2D eigenvalue weighted by Crippen LogP contribution is -2.31. The quantitative estimate of drug-likeness (QED) is 0.780. The van der Waals surface area contributed by atoms with E-state index in [9.17, 15) is 14.4 Å². The number of nitrogens with one attached hydrogen (secondary N) is 1. The number of anilines is 1. The third-order valence-corrected chi connectivity index (χ3v) is 4.49. The molecule has 6 nitrogen and oxygen atoms in total. The first-order valence-electron chi connectivity index (χ1n) is 7.84. The van der Waals surface area contributed by atoms with Gasteiger partial charge in [-0.05, 0) is 43.7 Å². The molecule has 0 bridgehead atoms. The van der Waals surface area contributed by atoms with Crippen molar-refractivity contribution in [1.82, 2.24) is 9.88 Å². The van der Waals surface area contributed by atoms with Gasteiger partial charge in [0.05, 0.1) is 22.5 Å². The van der Waals surface area contributed by atoms with E-state index in [1.54, 1.807) is 36.5 Å². The van der Waals surface area contributed by atoms with E-state index < -0.39 is 0 Å². The lowest BCUT2D eigenvalue weighted by molar-refractivity contribution is -0.116. The first-order chi connectivity index (χ1) is 12.0. The maximum atomic E-state index is 12.3. The minimum absolute atomic E-state index is 0.171. The molecule has 1 aromatic heterocycles. The zero-order valence-corrected chi connectivity index (χ0v) is 15.2. The van der Waals surface area contributed by atoms with Crippen LogP contribution in [0.4, 0.5) is 5.69 Å². The van der Waals surface area contributed by atoms with Gasteiger partial charge in [-0.3, -0.25) is 24.3 Å². The predicted octanol–water partition coefficient (Wildman–Crippen LogP) is 3.17. The van der Waals surface area contributed by atoms with Crippen LogP contribution in [0.3, 0.4) is 0 Å². The summed E-state index contributed by atoms with van der Waals surface area (Å²) in [5.74, 6) is -0.795. The van der Waals surface area contributed by atoms with Gasteiger partial charge >= 0.3 is 0 Å². The number of aryl methyl sites for hydroxylation is 1. The summed E-state index contributed by atoms with van der Waals surface area (Å²) < 4.78 is 0.750. The molecule has 2 heterocycles. The average Bonchev–Trinajstić information content (AvgIpc) is 2.81. The first kappa shape index (κ1) is 17.3. The molecule has 3 amide bonds. The highest BCUT2D eigenvalue weighted by molar-refractivity contribution is 9.10. The maximum Gasteiger partial charge on any atom is 0.261 e. The van der Waals surface area contributed by atoms with Crippen molar-refractivity contribution >= 4 is 39.3 Å². The largest absolute Gasteiger partial charge is 0.325 e. The number of fused-ring (bicyclic) bond motifs is 1. The highest BCUT2D eigenvalue weighted by atomic mass is 79.9. The number of nitrogens with zero attached hydrogens (tertiary/aromatic N) is 2. The lowest BCUT2D eigenvalue weighted by atomic mass is 10.1. The van der Waals surface area contributed by atoms with Crippen molar-refractivity contribution < 1.29 is 14.4 Å². The Bertz CT molecular complexity index is 866. The second-order valence-electron chi connectivity index (χ2n) is 5.74. The van der Waals surface area contributed by atoms with Crippen LogP contribution in [-0.2, 0) is 4.79 Å². The third kappa shape index (κ3) is 3.61. The molecule has 25 heavy (non-hydrogen) atoms. The van der Waals surface area contributed by atoms with Crippen molar-refractivity contribution in [3.05, 3.63) is 57.8 Å².